The monoisotopic (exact) mass is 849 g/mol. The third-order valence-electron chi connectivity index (χ3n) is 12.5. The quantitative estimate of drug-likeness (QED) is 0.0690. The summed E-state index contributed by atoms with van der Waals surface area (Å²) >= 11 is 0. The first-order valence-corrected chi connectivity index (χ1v) is 28.4. The van der Waals surface area contributed by atoms with E-state index in [2.05, 4.69) is 78.2 Å². The number of aryl methyl sites for hydroxylation is 4. The molecule has 0 heterocycles. The summed E-state index contributed by atoms with van der Waals surface area (Å²) in [5.74, 6) is 0.405. The number of hydrogen-bond donors (Lipinski definition) is 2. The number of nitriles is 2. The Morgan fingerprint density at radius 1 is 0.508 bits per heavy atom. The van der Waals surface area contributed by atoms with Crippen LogP contribution in [0, 0.1) is 50.4 Å². The number of benzene rings is 2. The Morgan fingerprint density at radius 3 is 1.15 bits per heavy atom. The van der Waals surface area contributed by atoms with Gasteiger partial charge in [0.2, 0.25) is 0 Å². The van der Waals surface area contributed by atoms with Gasteiger partial charge in [-0.05, 0) is 126 Å². The lowest BCUT2D eigenvalue weighted by Crippen LogP contribution is -2.34. The van der Waals surface area contributed by atoms with E-state index in [0.29, 0.717) is 11.1 Å². The van der Waals surface area contributed by atoms with E-state index in [-0.39, 0.29) is 23.1 Å². The third-order valence-corrected chi connectivity index (χ3v) is 23.5. The highest BCUT2D eigenvalue weighted by molar-refractivity contribution is 7.77. The Labute approximate surface area is 364 Å². The standard InChI is InChI=1S/C26H43N2OP.C25H41N2OP/c1-7-11-15-30(16-12-8-2,17-13-9-3)24(14-10-4)26(29)28-25-21(5)18-23(20-27)19-22(25)6;1-7-10-13-16-29(14-11-8-2,15-12-9-3)22(6)25(28)27-24-20(4)17-23(19-26)18-21(24)5/h18-19,24H,7-17H2,1-6H3;17-18,22H,7-16H2,1-6H3/p+2. The van der Waals surface area contributed by atoms with Crippen LogP contribution in [0.2, 0.25) is 0 Å². The zero-order valence-electron chi connectivity index (χ0n) is 39.9. The summed E-state index contributed by atoms with van der Waals surface area (Å²) in [6.45, 7) is 25.9. The molecule has 2 amide bonds. The van der Waals surface area contributed by atoms with Crippen LogP contribution in [0.4, 0.5) is 11.4 Å². The molecule has 2 atom stereocenters. The maximum Gasteiger partial charge on any atom is 0.265 e. The van der Waals surface area contributed by atoms with Gasteiger partial charge in [-0.1, -0.05) is 99.8 Å². The number of carbonyl (C=O) groups excluding carboxylic acids is 2. The molecule has 0 fully saturated rings. The highest BCUT2D eigenvalue weighted by Gasteiger charge is 2.48. The fourth-order valence-electron chi connectivity index (χ4n) is 8.82. The number of hydrogen-bond acceptors (Lipinski definition) is 4. The van der Waals surface area contributed by atoms with Crippen molar-refractivity contribution in [3.05, 3.63) is 57.6 Å². The Kier molecular flexibility index (Phi) is 27.1. The van der Waals surface area contributed by atoms with Crippen molar-refractivity contribution in [2.24, 2.45) is 0 Å². The normalized spacial score (nSPS) is 12.4. The molecular formula is C51H86N4O2P2+2. The average molecular weight is 849 g/mol. The van der Waals surface area contributed by atoms with Gasteiger partial charge < -0.3 is 10.6 Å². The lowest BCUT2D eigenvalue weighted by atomic mass is 10.0. The first-order chi connectivity index (χ1) is 28.2. The van der Waals surface area contributed by atoms with E-state index < -0.39 is 14.5 Å². The van der Waals surface area contributed by atoms with E-state index in [9.17, 15) is 20.1 Å². The second kappa shape index (κ2) is 29.5. The zero-order chi connectivity index (χ0) is 44.4. The fourth-order valence-corrected chi connectivity index (χ4v) is 19.8. The van der Waals surface area contributed by atoms with Crippen LogP contribution in [-0.2, 0) is 9.59 Å². The zero-order valence-corrected chi connectivity index (χ0v) is 41.7. The topological polar surface area (TPSA) is 106 Å². The van der Waals surface area contributed by atoms with E-state index in [1.54, 1.807) is 0 Å². The number of amides is 2. The molecule has 0 saturated heterocycles. The van der Waals surface area contributed by atoms with Crippen molar-refractivity contribution in [3.63, 3.8) is 0 Å². The molecule has 8 heteroatoms. The number of nitrogens with zero attached hydrogens (tertiary/aromatic N) is 2. The SMILES string of the molecule is CCCCC[P+](CCCC)(CCCC)C(C)C(=O)Nc1c(C)cc(C#N)cc1C.CCCC[P+](CCCC)(CCCC)C(CCC)C(=O)Nc1c(C)cc(C#N)cc1C. The van der Waals surface area contributed by atoms with Gasteiger partial charge in [-0.2, -0.15) is 10.5 Å². The first-order valence-electron chi connectivity index (χ1n) is 23.6. The maximum atomic E-state index is 13.7. The van der Waals surface area contributed by atoms with Crippen LogP contribution in [0.5, 0.6) is 0 Å². The van der Waals surface area contributed by atoms with Crippen LogP contribution in [0.15, 0.2) is 24.3 Å². The molecule has 0 radical (unpaired) electrons. The molecule has 6 nitrogen and oxygen atoms in total. The van der Waals surface area contributed by atoms with Gasteiger partial charge in [0.05, 0.1) is 60.2 Å². The number of anilines is 2. The van der Waals surface area contributed by atoms with Crippen molar-refractivity contribution in [1.82, 2.24) is 0 Å². The lowest BCUT2D eigenvalue weighted by Gasteiger charge is -2.35. The summed E-state index contributed by atoms with van der Waals surface area (Å²) in [7, 11) is -2.73. The molecule has 59 heavy (non-hydrogen) atoms. The van der Waals surface area contributed by atoms with Gasteiger partial charge in [0.1, 0.15) is 11.3 Å². The van der Waals surface area contributed by atoms with Gasteiger partial charge >= 0.3 is 0 Å². The van der Waals surface area contributed by atoms with Crippen LogP contribution < -0.4 is 10.6 Å². The van der Waals surface area contributed by atoms with Crippen LogP contribution in [-0.4, -0.2) is 60.1 Å². The molecule has 0 saturated carbocycles. The second-order valence-corrected chi connectivity index (χ2v) is 26.4. The van der Waals surface area contributed by atoms with Gasteiger partial charge in [0.25, 0.3) is 11.8 Å². The minimum absolute atomic E-state index is 0.0897. The molecule has 2 N–H and O–H groups in total. The predicted molar refractivity (Wildman–Crippen MR) is 264 cm³/mol. The number of unbranched alkanes of at least 4 members (excludes halogenated alkanes) is 7. The van der Waals surface area contributed by atoms with Gasteiger partial charge in [-0.3, -0.25) is 9.59 Å². The summed E-state index contributed by atoms with van der Waals surface area (Å²) in [5.41, 5.74) is 7.25. The number of carbonyl (C=O) groups is 2. The molecule has 2 unspecified atom stereocenters. The molecule has 2 rings (SSSR count). The Morgan fingerprint density at radius 2 is 0.831 bits per heavy atom. The molecule has 0 aliphatic carbocycles. The maximum absolute atomic E-state index is 13.7. The van der Waals surface area contributed by atoms with Crippen molar-refractivity contribution in [2.45, 2.75) is 191 Å². The molecule has 0 spiro atoms. The van der Waals surface area contributed by atoms with E-state index in [0.717, 1.165) is 46.5 Å². The highest BCUT2D eigenvalue weighted by Crippen LogP contribution is 2.66. The Balaban J connectivity index is 0.000000590. The smallest absolute Gasteiger partial charge is 0.265 e. The van der Waals surface area contributed by atoms with Crippen LogP contribution >= 0.6 is 14.5 Å². The van der Waals surface area contributed by atoms with Gasteiger partial charge in [-0.25, -0.2) is 0 Å². The second-order valence-electron chi connectivity index (χ2n) is 17.4. The van der Waals surface area contributed by atoms with Crippen molar-refractivity contribution < 1.29 is 9.59 Å². The molecule has 0 aromatic heterocycles. The van der Waals surface area contributed by atoms with Gasteiger partial charge in [-0.15, -0.1) is 0 Å². The minimum Gasteiger partial charge on any atom is -0.322 e. The minimum atomic E-state index is -1.38. The summed E-state index contributed by atoms with van der Waals surface area (Å²) in [6, 6.07) is 11.9. The highest BCUT2D eigenvalue weighted by atomic mass is 31.2. The lowest BCUT2D eigenvalue weighted by molar-refractivity contribution is -0.116. The van der Waals surface area contributed by atoms with E-state index in [1.165, 1.54) is 120 Å². The van der Waals surface area contributed by atoms with Gasteiger partial charge in [0.15, 0.2) is 0 Å². The van der Waals surface area contributed by atoms with Crippen LogP contribution in [0.1, 0.15) is 185 Å². The van der Waals surface area contributed by atoms with Crippen molar-refractivity contribution in [3.8, 4) is 12.1 Å². The molecule has 330 valence electrons. The van der Waals surface area contributed by atoms with Crippen LogP contribution in [0.25, 0.3) is 0 Å². The Hall–Kier alpha value is -2.78. The van der Waals surface area contributed by atoms with Crippen LogP contribution in [0.3, 0.4) is 0 Å². The number of rotatable bonds is 27. The molecule has 2 aromatic carbocycles. The van der Waals surface area contributed by atoms with Crippen molar-refractivity contribution >= 4 is 37.7 Å². The summed E-state index contributed by atoms with van der Waals surface area (Å²) in [4.78, 5) is 27.2. The molecular weight excluding hydrogens is 763 g/mol. The molecule has 0 bridgehead atoms. The van der Waals surface area contributed by atoms with E-state index >= 15 is 0 Å². The van der Waals surface area contributed by atoms with Crippen molar-refractivity contribution in [2.75, 3.05) is 47.6 Å². The van der Waals surface area contributed by atoms with E-state index in [4.69, 9.17) is 0 Å². The average Bonchev–Trinajstić information content (AvgIpc) is 3.23. The first kappa shape index (κ1) is 54.2. The summed E-state index contributed by atoms with van der Waals surface area (Å²) < 4.78 is 0. The fraction of sp³-hybridized carbons (Fsp3) is 0.686. The van der Waals surface area contributed by atoms with E-state index in [1.807, 2.05) is 52.0 Å². The summed E-state index contributed by atoms with van der Waals surface area (Å²) in [5, 5.41) is 25.0. The number of nitrogens with one attached hydrogen (secondary N) is 2. The predicted octanol–water partition coefficient (Wildman–Crippen LogP) is 15.0. The van der Waals surface area contributed by atoms with Gasteiger partial charge in [0, 0.05) is 25.9 Å². The molecule has 2 aromatic rings. The Bertz CT molecular complexity index is 1570. The molecule has 0 aliphatic rings. The van der Waals surface area contributed by atoms with Crippen molar-refractivity contribution in [1.29, 1.82) is 10.5 Å². The molecule has 0 aliphatic heterocycles. The largest absolute Gasteiger partial charge is 0.322 e. The summed E-state index contributed by atoms with van der Waals surface area (Å²) in [6.07, 6.45) is 25.5. The third kappa shape index (κ3) is 17.3.